The standard InChI is InChI=1S/C16H18F4N2O4/c1-21(9-13(23)24)7-10-8-22(5-6-26-10)15(25)11-3-2-4-12(14(11)17)16(18,19)20/h2-4,10H,5-9H2,1H3,(H,23,24)/t10-/m1/s1. The summed E-state index contributed by atoms with van der Waals surface area (Å²) < 4.78 is 58.0. The first-order valence-electron chi connectivity index (χ1n) is 7.76. The van der Waals surface area contributed by atoms with E-state index in [2.05, 4.69) is 0 Å². The van der Waals surface area contributed by atoms with Gasteiger partial charge in [-0.25, -0.2) is 4.39 Å². The highest BCUT2D eigenvalue weighted by atomic mass is 19.4. The number of carboxylic acid groups (broad SMARTS) is 1. The van der Waals surface area contributed by atoms with Crippen LogP contribution in [0.3, 0.4) is 0 Å². The number of rotatable bonds is 5. The Labute approximate surface area is 146 Å². The Kier molecular flexibility index (Phi) is 6.19. The van der Waals surface area contributed by atoms with Gasteiger partial charge in [0.1, 0.15) is 5.82 Å². The lowest BCUT2D eigenvalue weighted by molar-refractivity contribution is -0.140. The van der Waals surface area contributed by atoms with Crippen molar-refractivity contribution in [3.63, 3.8) is 0 Å². The van der Waals surface area contributed by atoms with Crippen LogP contribution in [0.25, 0.3) is 0 Å². The minimum atomic E-state index is -4.90. The van der Waals surface area contributed by atoms with Crippen LogP contribution < -0.4 is 0 Å². The Balaban J connectivity index is 2.11. The number of likely N-dealkylation sites (N-methyl/N-ethyl adjacent to an activating group) is 1. The van der Waals surface area contributed by atoms with E-state index in [0.29, 0.717) is 6.07 Å². The molecule has 0 spiro atoms. The van der Waals surface area contributed by atoms with E-state index in [1.54, 1.807) is 7.05 Å². The van der Waals surface area contributed by atoms with Crippen molar-refractivity contribution in [1.82, 2.24) is 9.80 Å². The molecule has 1 amide bonds. The van der Waals surface area contributed by atoms with Gasteiger partial charge in [-0.3, -0.25) is 14.5 Å². The van der Waals surface area contributed by atoms with Crippen LogP contribution in [0.15, 0.2) is 18.2 Å². The average Bonchev–Trinajstić information content (AvgIpc) is 2.52. The summed E-state index contributed by atoms with van der Waals surface area (Å²) in [4.78, 5) is 25.8. The number of amides is 1. The molecule has 1 aromatic rings. The maximum absolute atomic E-state index is 14.2. The van der Waals surface area contributed by atoms with E-state index in [1.165, 1.54) is 9.80 Å². The molecule has 1 saturated heterocycles. The van der Waals surface area contributed by atoms with E-state index in [0.717, 1.165) is 12.1 Å². The molecule has 1 aromatic carbocycles. The lowest BCUT2D eigenvalue weighted by Crippen LogP contribution is -2.49. The van der Waals surface area contributed by atoms with Gasteiger partial charge in [0, 0.05) is 19.6 Å². The van der Waals surface area contributed by atoms with E-state index in [-0.39, 0.29) is 32.8 Å². The predicted octanol–water partition coefficient (Wildman–Crippen LogP) is 1.70. The fraction of sp³-hybridized carbons (Fsp3) is 0.500. The van der Waals surface area contributed by atoms with Gasteiger partial charge in [0.25, 0.3) is 5.91 Å². The molecule has 1 atom stereocenters. The third-order valence-electron chi connectivity index (χ3n) is 3.88. The number of benzene rings is 1. The first-order valence-corrected chi connectivity index (χ1v) is 7.76. The molecule has 0 aliphatic carbocycles. The van der Waals surface area contributed by atoms with Crippen molar-refractivity contribution in [2.75, 3.05) is 39.8 Å². The van der Waals surface area contributed by atoms with Crippen molar-refractivity contribution in [2.45, 2.75) is 12.3 Å². The third kappa shape index (κ3) is 4.92. The van der Waals surface area contributed by atoms with Crippen LogP contribution in [0.5, 0.6) is 0 Å². The lowest BCUT2D eigenvalue weighted by atomic mass is 10.1. The summed E-state index contributed by atoms with van der Waals surface area (Å²) in [6.07, 6.45) is -5.42. The molecule has 0 radical (unpaired) electrons. The number of morpholine rings is 1. The maximum atomic E-state index is 14.2. The second-order valence-electron chi connectivity index (χ2n) is 6.00. The van der Waals surface area contributed by atoms with Crippen LogP contribution >= 0.6 is 0 Å². The molecule has 1 aliphatic rings. The second-order valence-corrected chi connectivity index (χ2v) is 6.00. The van der Waals surface area contributed by atoms with E-state index >= 15 is 0 Å². The zero-order valence-electron chi connectivity index (χ0n) is 13.9. The van der Waals surface area contributed by atoms with E-state index < -0.39 is 41.1 Å². The molecule has 1 fully saturated rings. The Morgan fingerprint density at radius 3 is 2.69 bits per heavy atom. The summed E-state index contributed by atoms with van der Waals surface area (Å²) in [5.74, 6) is -3.49. The second kappa shape index (κ2) is 8.00. The Morgan fingerprint density at radius 1 is 1.38 bits per heavy atom. The van der Waals surface area contributed by atoms with Crippen LogP contribution in [-0.4, -0.2) is 72.7 Å². The molecule has 0 aromatic heterocycles. The molecular formula is C16H18F4N2O4. The molecule has 1 aliphatic heterocycles. The zero-order valence-corrected chi connectivity index (χ0v) is 13.9. The summed E-state index contributed by atoms with van der Waals surface area (Å²) in [7, 11) is 1.56. The molecule has 144 valence electrons. The number of aliphatic carboxylic acids is 1. The summed E-state index contributed by atoms with van der Waals surface area (Å²) >= 11 is 0. The van der Waals surface area contributed by atoms with Crippen LogP contribution in [0.1, 0.15) is 15.9 Å². The number of carboxylic acids is 1. The van der Waals surface area contributed by atoms with E-state index in [9.17, 15) is 27.2 Å². The van der Waals surface area contributed by atoms with Gasteiger partial charge in [0.05, 0.1) is 30.4 Å². The number of hydrogen-bond acceptors (Lipinski definition) is 4. The van der Waals surface area contributed by atoms with Gasteiger partial charge in [-0.2, -0.15) is 13.2 Å². The van der Waals surface area contributed by atoms with Gasteiger partial charge in [0.15, 0.2) is 0 Å². The van der Waals surface area contributed by atoms with Crippen molar-refractivity contribution >= 4 is 11.9 Å². The number of carbonyl (C=O) groups is 2. The van der Waals surface area contributed by atoms with Crippen molar-refractivity contribution in [3.05, 3.63) is 35.1 Å². The van der Waals surface area contributed by atoms with Crippen LogP contribution in [-0.2, 0) is 15.7 Å². The summed E-state index contributed by atoms with van der Waals surface area (Å²) in [5, 5.41) is 8.74. The number of halogens is 4. The number of nitrogens with zero attached hydrogens (tertiary/aromatic N) is 2. The smallest absolute Gasteiger partial charge is 0.419 e. The highest BCUT2D eigenvalue weighted by molar-refractivity contribution is 5.94. The summed E-state index contributed by atoms with van der Waals surface area (Å²) in [6.45, 7) is 0.237. The van der Waals surface area contributed by atoms with Crippen LogP contribution in [0.2, 0.25) is 0 Å². The van der Waals surface area contributed by atoms with Crippen LogP contribution in [0, 0.1) is 5.82 Å². The topological polar surface area (TPSA) is 70.1 Å². The highest BCUT2D eigenvalue weighted by Crippen LogP contribution is 2.32. The highest BCUT2D eigenvalue weighted by Gasteiger charge is 2.37. The maximum Gasteiger partial charge on any atom is 0.419 e. The van der Waals surface area contributed by atoms with E-state index in [1.807, 2.05) is 0 Å². The summed E-state index contributed by atoms with van der Waals surface area (Å²) in [6, 6.07) is 2.57. The molecule has 0 unspecified atom stereocenters. The molecule has 6 nitrogen and oxygen atoms in total. The molecule has 26 heavy (non-hydrogen) atoms. The van der Waals surface area contributed by atoms with Gasteiger partial charge in [0.2, 0.25) is 0 Å². The Bertz CT molecular complexity index is 681. The van der Waals surface area contributed by atoms with Gasteiger partial charge in [-0.15, -0.1) is 0 Å². The first kappa shape index (κ1) is 20.1. The SMILES string of the molecule is CN(CC(=O)O)C[C@@H]1CN(C(=O)c2cccc(C(F)(F)F)c2F)CCO1. The summed E-state index contributed by atoms with van der Waals surface area (Å²) in [5.41, 5.74) is -2.14. The largest absolute Gasteiger partial charge is 0.480 e. The number of carbonyl (C=O) groups excluding carboxylic acids is 1. The lowest BCUT2D eigenvalue weighted by Gasteiger charge is -2.34. The minimum Gasteiger partial charge on any atom is -0.480 e. The first-order chi connectivity index (χ1) is 12.1. The van der Waals surface area contributed by atoms with Crippen molar-refractivity contribution in [2.24, 2.45) is 0 Å². The predicted molar refractivity (Wildman–Crippen MR) is 82.2 cm³/mol. The molecule has 1 heterocycles. The monoisotopic (exact) mass is 378 g/mol. The number of alkyl halides is 3. The van der Waals surface area contributed by atoms with Gasteiger partial charge in [-0.1, -0.05) is 6.07 Å². The molecule has 0 saturated carbocycles. The molecule has 1 N–H and O–H groups in total. The van der Waals surface area contributed by atoms with Crippen LogP contribution in [0.4, 0.5) is 17.6 Å². The molecular weight excluding hydrogens is 360 g/mol. The van der Waals surface area contributed by atoms with Crippen molar-refractivity contribution in [3.8, 4) is 0 Å². The fourth-order valence-electron chi connectivity index (χ4n) is 2.74. The van der Waals surface area contributed by atoms with Crippen molar-refractivity contribution < 1.29 is 37.0 Å². The molecule has 0 bridgehead atoms. The third-order valence-corrected chi connectivity index (χ3v) is 3.88. The fourth-order valence-corrected chi connectivity index (χ4v) is 2.74. The Hall–Kier alpha value is -2.20. The van der Waals surface area contributed by atoms with Gasteiger partial charge in [-0.05, 0) is 19.2 Å². The Morgan fingerprint density at radius 2 is 2.08 bits per heavy atom. The minimum absolute atomic E-state index is 0.0263. The van der Waals surface area contributed by atoms with E-state index in [4.69, 9.17) is 9.84 Å². The van der Waals surface area contributed by atoms with Gasteiger partial charge < -0.3 is 14.7 Å². The zero-order chi connectivity index (χ0) is 19.5. The van der Waals surface area contributed by atoms with Crippen molar-refractivity contribution in [1.29, 1.82) is 0 Å². The number of ether oxygens (including phenoxy) is 1. The number of hydrogen-bond donors (Lipinski definition) is 1. The quantitative estimate of drug-likeness (QED) is 0.790. The van der Waals surface area contributed by atoms with Gasteiger partial charge >= 0.3 is 12.1 Å². The average molecular weight is 378 g/mol. The molecule has 2 rings (SSSR count). The molecule has 10 heteroatoms. The normalized spacial score (nSPS) is 18.2.